The molecule has 2 aromatic rings. The van der Waals surface area contributed by atoms with Crippen LogP contribution in [0.1, 0.15) is 47.2 Å². The monoisotopic (exact) mass is 283 g/mol. The molecule has 0 spiro atoms. The number of hydrogen-bond acceptors (Lipinski definition) is 1. The van der Waals surface area contributed by atoms with Crippen LogP contribution in [0.4, 0.5) is 4.39 Å². The Labute approximate surface area is 126 Å². The molecular formula is C19H22FN. The summed E-state index contributed by atoms with van der Waals surface area (Å²) >= 11 is 0. The highest BCUT2D eigenvalue weighted by atomic mass is 19.1. The third kappa shape index (κ3) is 2.73. The van der Waals surface area contributed by atoms with Crippen LogP contribution in [0.25, 0.3) is 0 Å². The zero-order valence-corrected chi connectivity index (χ0v) is 12.9. The van der Waals surface area contributed by atoms with E-state index in [2.05, 4.69) is 38.2 Å². The van der Waals surface area contributed by atoms with Crippen LogP contribution in [0.2, 0.25) is 0 Å². The summed E-state index contributed by atoms with van der Waals surface area (Å²) in [6.07, 6.45) is 2.14. The van der Waals surface area contributed by atoms with Crippen LogP contribution < -0.4 is 5.32 Å². The van der Waals surface area contributed by atoms with E-state index in [1.54, 1.807) is 12.1 Å². The molecule has 0 bridgehead atoms. The maximum atomic E-state index is 13.6. The van der Waals surface area contributed by atoms with Gasteiger partial charge in [-0.2, -0.15) is 0 Å². The topological polar surface area (TPSA) is 12.0 Å². The van der Waals surface area contributed by atoms with Crippen molar-refractivity contribution in [1.29, 1.82) is 0 Å². The Hall–Kier alpha value is -1.67. The van der Waals surface area contributed by atoms with Crippen molar-refractivity contribution in [3.8, 4) is 0 Å². The van der Waals surface area contributed by atoms with Gasteiger partial charge in [-0.15, -0.1) is 0 Å². The first-order valence-corrected chi connectivity index (χ1v) is 7.70. The summed E-state index contributed by atoms with van der Waals surface area (Å²) in [6, 6.07) is 12.0. The van der Waals surface area contributed by atoms with Gasteiger partial charge in [0.05, 0.1) is 6.04 Å². The van der Waals surface area contributed by atoms with Crippen molar-refractivity contribution in [3.05, 3.63) is 70.0 Å². The van der Waals surface area contributed by atoms with E-state index >= 15 is 0 Å². The fourth-order valence-corrected chi connectivity index (χ4v) is 3.42. The standard InChI is InChI=1S/C19H22FN/c1-4-16-11-17-13(3)8-12(2)9-18(17)19(21-16)14-6-5-7-15(20)10-14/h5-10,16,19,21H,4,11H2,1-3H3. The number of fused-ring (bicyclic) bond motifs is 1. The smallest absolute Gasteiger partial charge is 0.123 e. The fourth-order valence-electron chi connectivity index (χ4n) is 3.42. The molecule has 1 nitrogen and oxygen atoms in total. The van der Waals surface area contributed by atoms with E-state index in [1.807, 2.05) is 6.07 Å². The van der Waals surface area contributed by atoms with Gasteiger partial charge >= 0.3 is 0 Å². The van der Waals surface area contributed by atoms with E-state index in [4.69, 9.17) is 0 Å². The van der Waals surface area contributed by atoms with Gasteiger partial charge in [-0.05, 0) is 61.1 Å². The van der Waals surface area contributed by atoms with Crippen LogP contribution in [0.15, 0.2) is 36.4 Å². The second-order valence-corrected chi connectivity index (χ2v) is 6.11. The largest absolute Gasteiger partial charge is 0.303 e. The Morgan fingerprint density at radius 1 is 1.19 bits per heavy atom. The average Bonchev–Trinajstić information content (AvgIpc) is 2.46. The third-order valence-electron chi connectivity index (χ3n) is 4.49. The molecule has 0 saturated carbocycles. The summed E-state index contributed by atoms with van der Waals surface area (Å²) < 4.78 is 13.6. The van der Waals surface area contributed by atoms with E-state index in [9.17, 15) is 4.39 Å². The van der Waals surface area contributed by atoms with Crippen LogP contribution in [-0.2, 0) is 6.42 Å². The van der Waals surface area contributed by atoms with E-state index in [-0.39, 0.29) is 11.9 Å². The highest BCUT2D eigenvalue weighted by molar-refractivity contribution is 5.46. The van der Waals surface area contributed by atoms with E-state index in [0.717, 1.165) is 18.4 Å². The molecule has 0 aromatic heterocycles. The predicted molar refractivity (Wildman–Crippen MR) is 85.1 cm³/mol. The number of aryl methyl sites for hydroxylation is 2. The third-order valence-corrected chi connectivity index (χ3v) is 4.49. The molecule has 110 valence electrons. The first-order valence-electron chi connectivity index (χ1n) is 7.70. The highest BCUT2D eigenvalue weighted by Gasteiger charge is 2.27. The molecule has 2 heteroatoms. The van der Waals surface area contributed by atoms with Crippen LogP contribution >= 0.6 is 0 Å². The molecule has 2 unspecified atom stereocenters. The van der Waals surface area contributed by atoms with Crippen molar-refractivity contribution in [1.82, 2.24) is 5.32 Å². The van der Waals surface area contributed by atoms with Gasteiger partial charge in [0.1, 0.15) is 5.82 Å². The molecule has 21 heavy (non-hydrogen) atoms. The molecule has 2 atom stereocenters. The van der Waals surface area contributed by atoms with Gasteiger partial charge in [-0.3, -0.25) is 0 Å². The van der Waals surface area contributed by atoms with Crippen molar-refractivity contribution >= 4 is 0 Å². The number of halogens is 1. The molecular weight excluding hydrogens is 261 g/mol. The summed E-state index contributed by atoms with van der Waals surface area (Å²) in [4.78, 5) is 0. The number of rotatable bonds is 2. The molecule has 0 radical (unpaired) electrons. The lowest BCUT2D eigenvalue weighted by Crippen LogP contribution is -2.40. The highest BCUT2D eigenvalue weighted by Crippen LogP contribution is 2.34. The minimum absolute atomic E-state index is 0.0907. The lowest BCUT2D eigenvalue weighted by Gasteiger charge is -2.34. The number of benzene rings is 2. The lowest BCUT2D eigenvalue weighted by molar-refractivity contribution is 0.425. The maximum Gasteiger partial charge on any atom is 0.123 e. The molecule has 0 amide bonds. The molecule has 0 aliphatic carbocycles. The minimum Gasteiger partial charge on any atom is -0.303 e. The fraction of sp³-hybridized carbons (Fsp3) is 0.368. The molecule has 1 aliphatic heterocycles. The summed E-state index contributed by atoms with van der Waals surface area (Å²) in [6.45, 7) is 6.52. The summed E-state index contributed by atoms with van der Waals surface area (Å²) in [5.74, 6) is -0.168. The van der Waals surface area contributed by atoms with Gasteiger partial charge in [0.25, 0.3) is 0 Å². The Balaban J connectivity index is 2.13. The molecule has 2 aromatic carbocycles. The van der Waals surface area contributed by atoms with Crippen molar-refractivity contribution < 1.29 is 4.39 Å². The summed E-state index contributed by atoms with van der Waals surface area (Å²) in [7, 11) is 0. The SMILES string of the molecule is CCC1Cc2c(C)cc(C)cc2C(c2cccc(F)c2)N1. The van der Waals surface area contributed by atoms with Gasteiger partial charge in [0, 0.05) is 6.04 Å². The van der Waals surface area contributed by atoms with Gasteiger partial charge in [0.2, 0.25) is 0 Å². The van der Waals surface area contributed by atoms with Crippen LogP contribution in [0, 0.1) is 19.7 Å². The van der Waals surface area contributed by atoms with Crippen molar-refractivity contribution in [2.24, 2.45) is 0 Å². The maximum absolute atomic E-state index is 13.6. The molecule has 3 rings (SSSR count). The minimum atomic E-state index is -0.168. The van der Waals surface area contributed by atoms with Gasteiger partial charge in [-0.1, -0.05) is 36.8 Å². The lowest BCUT2D eigenvalue weighted by atomic mass is 9.83. The normalized spacial score (nSPS) is 21.1. The van der Waals surface area contributed by atoms with Crippen LogP contribution in [-0.4, -0.2) is 6.04 Å². The van der Waals surface area contributed by atoms with E-state index in [0.29, 0.717) is 6.04 Å². The first kappa shape index (κ1) is 14.3. The molecule has 1 heterocycles. The van der Waals surface area contributed by atoms with Crippen molar-refractivity contribution in [3.63, 3.8) is 0 Å². The number of nitrogens with one attached hydrogen (secondary N) is 1. The Kier molecular flexibility index (Phi) is 3.81. The predicted octanol–water partition coefficient (Wildman–Crippen LogP) is 4.46. The second-order valence-electron chi connectivity index (χ2n) is 6.11. The molecule has 1 aliphatic rings. The Morgan fingerprint density at radius 2 is 2.00 bits per heavy atom. The van der Waals surface area contributed by atoms with Crippen LogP contribution in [0.5, 0.6) is 0 Å². The van der Waals surface area contributed by atoms with Crippen molar-refractivity contribution in [2.75, 3.05) is 0 Å². The van der Waals surface area contributed by atoms with Crippen molar-refractivity contribution in [2.45, 2.75) is 45.7 Å². The number of hydrogen-bond donors (Lipinski definition) is 1. The zero-order chi connectivity index (χ0) is 15.0. The van der Waals surface area contributed by atoms with Crippen LogP contribution in [0.3, 0.4) is 0 Å². The van der Waals surface area contributed by atoms with E-state index < -0.39 is 0 Å². The summed E-state index contributed by atoms with van der Waals surface area (Å²) in [5.41, 5.74) is 6.37. The quantitative estimate of drug-likeness (QED) is 0.858. The zero-order valence-electron chi connectivity index (χ0n) is 12.9. The molecule has 0 fully saturated rings. The van der Waals surface area contributed by atoms with Gasteiger partial charge in [0.15, 0.2) is 0 Å². The van der Waals surface area contributed by atoms with Gasteiger partial charge in [-0.25, -0.2) is 4.39 Å². The molecule has 1 N–H and O–H groups in total. The van der Waals surface area contributed by atoms with E-state index in [1.165, 1.54) is 28.3 Å². The van der Waals surface area contributed by atoms with Gasteiger partial charge < -0.3 is 5.32 Å². The Morgan fingerprint density at radius 3 is 2.71 bits per heavy atom. The second kappa shape index (κ2) is 5.61. The Bertz CT molecular complexity index is 663. The molecule has 0 saturated heterocycles. The average molecular weight is 283 g/mol. The summed E-state index contributed by atoms with van der Waals surface area (Å²) in [5, 5.41) is 3.69. The first-order chi connectivity index (χ1) is 10.1.